The fraction of sp³-hybridized carbons (Fsp3) is 0.524. The quantitative estimate of drug-likeness (QED) is 0.657. The van der Waals surface area contributed by atoms with Crippen molar-refractivity contribution in [2.75, 3.05) is 39.5 Å². The standard InChI is InChI=1S/C21H28N2O4/c1-3-5-10-23-20(24)18(16-6-8-17(9-7-16)27-13-4-2)19(21(23)25)22-11-14-26-15-12-22/h6-9H,3-5,10-15H2,1-2H3. The van der Waals surface area contributed by atoms with Crippen LogP contribution in [-0.4, -0.2) is 61.1 Å². The summed E-state index contributed by atoms with van der Waals surface area (Å²) in [6.45, 7) is 7.60. The maximum absolute atomic E-state index is 13.1. The summed E-state index contributed by atoms with van der Waals surface area (Å²) in [5.41, 5.74) is 1.78. The first-order chi connectivity index (χ1) is 13.2. The smallest absolute Gasteiger partial charge is 0.277 e. The zero-order chi connectivity index (χ0) is 19.2. The number of nitrogens with zero attached hydrogens (tertiary/aromatic N) is 2. The van der Waals surface area contributed by atoms with Crippen molar-refractivity contribution >= 4 is 17.4 Å². The lowest BCUT2D eigenvalue weighted by atomic mass is 10.0. The zero-order valence-electron chi connectivity index (χ0n) is 16.2. The number of rotatable bonds is 8. The summed E-state index contributed by atoms with van der Waals surface area (Å²) in [5.74, 6) is 0.391. The Hall–Kier alpha value is -2.34. The number of carbonyl (C=O) groups is 2. The summed E-state index contributed by atoms with van der Waals surface area (Å²) >= 11 is 0. The Morgan fingerprint density at radius 3 is 2.33 bits per heavy atom. The van der Waals surface area contributed by atoms with Gasteiger partial charge in [-0.15, -0.1) is 0 Å². The van der Waals surface area contributed by atoms with Crippen LogP contribution in [0.4, 0.5) is 0 Å². The van der Waals surface area contributed by atoms with Crippen LogP contribution >= 0.6 is 0 Å². The van der Waals surface area contributed by atoms with Gasteiger partial charge in [0.15, 0.2) is 0 Å². The van der Waals surface area contributed by atoms with Crippen molar-refractivity contribution in [2.24, 2.45) is 0 Å². The van der Waals surface area contributed by atoms with Crippen LogP contribution in [0.5, 0.6) is 5.75 Å². The average molecular weight is 372 g/mol. The molecule has 1 saturated heterocycles. The molecule has 0 unspecified atom stereocenters. The molecule has 1 aromatic rings. The fourth-order valence-electron chi connectivity index (χ4n) is 3.36. The van der Waals surface area contributed by atoms with Crippen LogP contribution in [0.1, 0.15) is 38.7 Å². The summed E-state index contributed by atoms with van der Waals surface area (Å²) in [6, 6.07) is 7.47. The van der Waals surface area contributed by atoms with Crippen molar-refractivity contribution in [2.45, 2.75) is 33.1 Å². The molecule has 0 aromatic heterocycles. The number of carbonyl (C=O) groups excluding carboxylic acids is 2. The van der Waals surface area contributed by atoms with Crippen LogP contribution < -0.4 is 4.74 Å². The molecule has 0 atom stereocenters. The van der Waals surface area contributed by atoms with E-state index < -0.39 is 0 Å². The minimum absolute atomic E-state index is 0.184. The Kier molecular flexibility index (Phi) is 6.50. The van der Waals surface area contributed by atoms with Crippen molar-refractivity contribution in [3.8, 4) is 5.75 Å². The lowest BCUT2D eigenvalue weighted by Gasteiger charge is -2.29. The molecular weight excluding hydrogens is 344 g/mol. The number of ether oxygens (including phenoxy) is 2. The first kappa shape index (κ1) is 19.4. The minimum Gasteiger partial charge on any atom is -0.494 e. The normalized spacial score (nSPS) is 17.9. The molecule has 1 aromatic carbocycles. The van der Waals surface area contributed by atoms with Crippen LogP contribution in [0.25, 0.3) is 5.57 Å². The van der Waals surface area contributed by atoms with Crippen molar-refractivity contribution < 1.29 is 19.1 Å². The molecule has 2 heterocycles. The largest absolute Gasteiger partial charge is 0.494 e. The molecule has 0 N–H and O–H groups in total. The van der Waals surface area contributed by atoms with E-state index in [9.17, 15) is 9.59 Å². The Morgan fingerprint density at radius 1 is 1.00 bits per heavy atom. The first-order valence-corrected chi connectivity index (χ1v) is 9.83. The number of hydrogen-bond donors (Lipinski definition) is 0. The summed E-state index contributed by atoms with van der Waals surface area (Å²) in [5, 5.41) is 0. The Bertz CT molecular complexity index is 705. The minimum atomic E-state index is -0.197. The van der Waals surface area contributed by atoms with Crippen LogP contribution in [0.3, 0.4) is 0 Å². The maximum atomic E-state index is 13.1. The van der Waals surface area contributed by atoms with Gasteiger partial charge in [0, 0.05) is 19.6 Å². The van der Waals surface area contributed by atoms with Gasteiger partial charge < -0.3 is 14.4 Å². The van der Waals surface area contributed by atoms with Crippen molar-refractivity contribution in [1.29, 1.82) is 0 Å². The number of morpholine rings is 1. The van der Waals surface area contributed by atoms with E-state index in [4.69, 9.17) is 9.47 Å². The van der Waals surface area contributed by atoms with Gasteiger partial charge in [-0.25, -0.2) is 0 Å². The molecule has 27 heavy (non-hydrogen) atoms. The highest BCUT2D eigenvalue weighted by Crippen LogP contribution is 2.33. The number of amides is 2. The summed E-state index contributed by atoms with van der Waals surface area (Å²) in [6.07, 6.45) is 2.68. The van der Waals surface area contributed by atoms with Crippen LogP contribution in [0, 0.1) is 0 Å². The lowest BCUT2D eigenvalue weighted by molar-refractivity contribution is -0.137. The zero-order valence-corrected chi connectivity index (χ0v) is 16.2. The topological polar surface area (TPSA) is 59.1 Å². The van der Waals surface area contributed by atoms with Gasteiger partial charge >= 0.3 is 0 Å². The predicted octanol–water partition coefficient (Wildman–Crippen LogP) is 2.69. The van der Waals surface area contributed by atoms with E-state index in [-0.39, 0.29) is 11.8 Å². The van der Waals surface area contributed by atoms with E-state index in [0.717, 1.165) is 30.6 Å². The van der Waals surface area contributed by atoms with Crippen LogP contribution in [-0.2, 0) is 14.3 Å². The monoisotopic (exact) mass is 372 g/mol. The van der Waals surface area contributed by atoms with E-state index in [1.54, 1.807) is 0 Å². The molecule has 0 aliphatic carbocycles. The van der Waals surface area contributed by atoms with Crippen molar-refractivity contribution in [3.05, 3.63) is 35.5 Å². The van der Waals surface area contributed by atoms with Gasteiger partial charge in [0.2, 0.25) is 0 Å². The van der Waals surface area contributed by atoms with E-state index in [0.29, 0.717) is 50.7 Å². The first-order valence-electron chi connectivity index (χ1n) is 9.83. The Balaban J connectivity index is 1.93. The average Bonchev–Trinajstić information content (AvgIpc) is 2.96. The molecule has 0 spiro atoms. The molecule has 3 rings (SSSR count). The van der Waals surface area contributed by atoms with E-state index in [1.807, 2.05) is 29.2 Å². The molecule has 0 radical (unpaired) electrons. The van der Waals surface area contributed by atoms with Gasteiger partial charge in [0.1, 0.15) is 11.4 Å². The Labute approximate surface area is 160 Å². The van der Waals surface area contributed by atoms with E-state index >= 15 is 0 Å². The van der Waals surface area contributed by atoms with E-state index in [1.165, 1.54) is 4.90 Å². The lowest BCUT2D eigenvalue weighted by Crippen LogP contribution is -2.40. The Morgan fingerprint density at radius 2 is 1.70 bits per heavy atom. The second kappa shape index (κ2) is 9.04. The van der Waals surface area contributed by atoms with Gasteiger partial charge in [-0.05, 0) is 30.5 Å². The highest BCUT2D eigenvalue weighted by Gasteiger charge is 2.41. The molecule has 2 aliphatic rings. The van der Waals surface area contributed by atoms with Crippen LogP contribution in [0.15, 0.2) is 30.0 Å². The number of unbranched alkanes of at least 4 members (excludes halogenated alkanes) is 1. The third kappa shape index (κ3) is 4.16. The van der Waals surface area contributed by atoms with Gasteiger partial charge in [-0.2, -0.15) is 0 Å². The van der Waals surface area contributed by atoms with Gasteiger partial charge in [-0.3, -0.25) is 14.5 Å². The number of hydrogen-bond acceptors (Lipinski definition) is 5. The predicted molar refractivity (Wildman–Crippen MR) is 103 cm³/mol. The highest BCUT2D eigenvalue weighted by molar-refractivity contribution is 6.35. The molecule has 6 heteroatoms. The molecule has 1 fully saturated rings. The molecule has 2 aliphatic heterocycles. The maximum Gasteiger partial charge on any atom is 0.277 e. The molecule has 0 bridgehead atoms. The molecule has 146 valence electrons. The fourth-order valence-corrected chi connectivity index (χ4v) is 3.36. The van der Waals surface area contributed by atoms with Crippen molar-refractivity contribution in [1.82, 2.24) is 9.80 Å². The SMILES string of the molecule is CCCCN1C(=O)C(c2ccc(OCCC)cc2)=C(N2CCOCC2)C1=O. The number of imide groups is 1. The van der Waals surface area contributed by atoms with Gasteiger partial charge in [0.05, 0.1) is 25.4 Å². The third-order valence-electron chi connectivity index (χ3n) is 4.82. The van der Waals surface area contributed by atoms with Gasteiger partial charge in [-0.1, -0.05) is 32.4 Å². The number of benzene rings is 1. The molecule has 2 amide bonds. The molecular formula is C21H28N2O4. The molecule has 0 saturated carbocycles. The second-order valence-corrected chi connectivity index (χ2v) is 6.81. The van der Waals surface area contributed by atoms with Crippen LogP contribution in [0.2, 0.25) is 0 Å². The van der Waals surface area contributed by atoms with Crippen molar-refractivity contribution in [3.63, 3.8) is 0 Å². The van der Waals surface area contributed by atoms with E-state index in [2.05, 4.69) is 13.8 Å². The van der Waals surface area contributed by atoms with Gasteiger partial charge in [0.25, 0.3) is 11.8 Å². The molecule has 6 nitrogen and oxygen atoms in total. The second-order valence-electron chi connectivity index (χ2n) is 6.81. The highest BCUT2D eigenvalue weighted by atomic mass is 16.5. The third-order valence-corrected chi connectivity index (χ3v) is 4.82. The summed E-state index contributed by atoms with van der Waals surface area (Å²) in [4.78, 5) is 29.5. The summed E-state index contributed by atoms with van der Waals surface area (Å²) < 4.78 is 11.0. The summed E-state index contributed by atoms with van der Waals surface area (Å²) in [7, 11) is 0.